The van der Waals surface area contributed by atoms with Crippen LogP contribution in [0.15, 0.2) is 0 Å². The van der Waals surface area contributed by atoms with E-state index >= 15 is 0 Å². The van der Waals surface area contributed by atoms with Gasteiger partial charge in [0, 0.05) is 19.1 Å². The lowest BCUT2D eigenvalue weighted by atomic mass is 9.87. The third-order valence-corrected chi connectivity index (χ3v) is 4.26. The van der Waals surface area contributed by atoms with E-state index in [0.29, 0.717) is 5.41 Å². The van der Waals surface area contributed by atoms with Crippen LogP contribution in [0.25, 0.3) is 0 Å². The number of nitrogens with zero attached hydrogens (tertiary/aromatic N) is 1. The van der Waals surface area contributed by atoms with Crippen LogP contribution in [0.2, 0.25) is 0 Å². The molecule has 88 valence electrons. The molecule has 2 rings (SSSR count). The Hall–Kier alpha value is -0.0800. The van der Waals surface area contributed by atoms with Crippen LogP contribution in [0.1, 0.15) is 46.0 Å². The Bertz CT molecular complexity index is 197. The van der Waals surface area contributed by atoms with Gasteiger partial charge in [-0.3, -0.25) is 4.90 Å². The van der Waals surface area contributed by atoms with Crippen LogP contribution in [0, 0.1) is 5.41 Å². The van der Waals surface area contributed by atoms with Crippen molar-refractivity contribution in [3.63, 3.8) is 0 Å². The Kier molecular flexibility index (Phi) is 3.68. The normalized spacial score (nSPS) is 38.4. The maximum Gasteiger partial charge on any atom is 0.00928 e. The van der Waals surface area contributed by atoms with Crippen LogP contribution in [-0.2, 0) is 0 Å². The van der Waals surface area contributed by atoms with Crippen molar-refractivity contribution >= 4 is 0 Å². The van der Waals surface area contributed by atoms with Gasteiger partial charge in [-0.1, -0.05) is 20.3 Å². The lowest BCUT2D eigenvalue weighted by Gasteiger charge is -2.40. The highest BCUT2D eigenvalue weighted by Crippen LogP contribution is 2.29. The highest BCUT2D eigenvalue weighted by atomic mass is 15.2. The first-order chi connectivity index (χ1) is 7.23. The standard InChI is InChI=1S/C13H26N2/c1-3-12-6-4-5-9-15(12)11-13(2)7-8-14-10-13/h12,14H,3-11H2,1-2H3. The molecule has 2 unspecified atom stereocenters. The highest BCUT2D eigenvalue weighted by Gasteiger charge is 2.33. The summed E-state index contributed by atoms with van der Waals surface area (Å²) in [5, 5.41) is 3.51. The van der Waals surface area contributed by atoms with Crippen molar-refractivity contribution in [2.75, 3.05) is 26.2 Å². The molecule has 0 aromatic carbocycles. The van der Waals surface area contributed by atoms with E-state index in [0.717, 1.165) is 6.04 Å². The molecule has 2 heteroatoms. The van der Waals surface area contributed by atoms with Gasteiger partial charge in [0.1, 0.15) is 0 Å². The van der Waals surface area contributed by atoms with Gasteiger partial charge in [-0.25, -0.2) is 0 Å². The molecule has 2 heterocycles. The second-order valence-corrected chi connectivity index (χ2v) is 5.77. The number of hydrogen-bond donors (Lipinski definition) is 1. The van der Waals surface area contributed by atoms with Crippen LogP contribution in [0.3, 0.4) is 0 Å². The van der Waals surface area contributed by atoms with Crippen molar-refractivity contribution in [3.05, 3.63) is 0 Å². The maximum atomic E-state index is 3.51. The Balaban J connectivity index is 1.90. The van der Waals surface area contributed by atoms with E-state index < -0.39 is 0 Å². The molecular formula is C13H26N2. The Morgan fingerprint density at radius 3 is 2.93 bits per heavy atom. The largest absolute Gasteiger partial charge is 0.316 e. The summed E-state index contributed by atoms with van der Waals surface area (Å²) in [6, 6.07) is 0.871. The zero-order valence-electron chi connectivity index (χ0n) is 10.4. The summed E-state index contributed by atoms with van der Waals surface area (Å²) >= 11 is 0. The molecular weight excluding hydrogens is 184 g/mol. The molecule has 2 fully saturated rings. The molecule has 2 nitrogen and oxygen atoms in total. The summed E-state index contributed by atoms with van der Waals surface area (Å²) in [5.41, 5.74) is 0.546. The summed E-state index contributed by atoms with van der Waals surface area (Å²) in [4.78, 5) is 2.76. The van der Waals surface area contributed by atoms with Crippen LogP contribution in [-0.4, -0.2) is 37.1 Å². The van der Waals surface area contributed by atoms with Gasteiger partial charge in [-0.2, -0.15) is 0 Å². The number of nitrogens with one attached hydrogen (secondary N) is 1. The first-order valence-corrected chi connectivity index (χ1v) is 6.68. The number of likely N-dealkylation sites (tertiary alicyclic amines) is 1. The number of piperidine rings is 1. The maximum absolute atomic E-state index is 3.51. The Labute approximate surface area is 94.4 Å². The van der Waals surface area contributed by atoms with E-state index in [1.165, 1.54) is 58.3 Å². The first-order valence-electron chi connectivity index (χ1n) is 6.68. The monoisotopic (exact) mass is 210 g/mol. The van der Waals surface area contributed by atoms with Crippen molar-refractivity contribution < 1.29 is 0 Å². The molecule has 0 aromatic heterocycles. The summed E-state index contributed by atoms with van der Waals surface area (Å²) in [6.45, 7) is 9.90. The molecule has 0 aromatic rings. The fourth-order valence-corrected chi connectivity index (χ4v) is 3.22. The molecule has 2 saturated heterocycles. The van der Waals surface area contributed by atoms with Gasteiger partial charge in [-0.05, 0) is 44.2 Å². The van der Waals surface area contributed by atoms with Gasteiger partial charge >= 0.3 is 0 Å². The topological polar surface area (TPSA) is 15.3 Å². The molecule has 0 radical (unpaired) electrons. The third-order valence-electron chi connectivity index (χ3n) is 4.26. The fraction of sp³-hybridized carbons (Fsp3) is 1.00. The SMILES string of the molecule is CCC1CCCCN1CC1(C)CCNC1. The van der Waals surface area contributed by atoms with E-state index in [2.05, 4.69) is 24.1 Å². The van der Waals surface area contributed by atoms with Crippen molar-refractivity contribution in [2.24, 2.45) is 5.41 Å². The van der Waals surface area contributed by atoms with Crippen molar-refractivity contribution in [2.45, 2.75) is 52.0 Å². The quantitative estimate of drug-likeness (QED) is 0.768. The Morgan fingerprint density at radius 1 is 1.40 bits per heavy atom. The molecule has 15 heavy (non-hydrogen) atoms. The number of hydrogen-bond acceptors (Lipinski definition) is 2. The van der Waals surface area contributed by atoms with Gasteiger partial charge < -0.3 is 5.32 Å². The molecule has 2 aliphatic rings. The van der Waals surface area contributed by atoms with Gasteiger partial charge in [0.2, 0.25) is 0 Å². The molecule has 0 amide bonds. The van der Waals surface area contributed by atoms with E-state index in [4.69, 9.17) is 0 Å². The highest BCUT2D eigenvalue weighted by molar-refractivity contribution is 4.89. The van der Waals surface area contributed by atoms with Crippen LogP contribution in [0.5, 0.6) is 0 Å². The summed E-state index contributed by atoms with van der Waals surface area (Å²) in [6.07, 6.45) is 6.99. The lowest BCUT2D eigenvalue weighted by Crippen LogP contribution is -2.45. The van der Waals surface area contributed by atoms with Gasteiger partial charge in [-0.15, -0.1) is 0 Å². The smallest absolute Gasteiger partial charge is 0.00928 e. The first kappa shape index (κ1) is 11.4. The molecule has 2 aliphatic heterocycles. The minimum atomic E-state index is 0.546. The fourth-order valence-electron chi connectivity index (χ4n) is 3.22. The molecule has 2 atom stereocenters. The van der Waals surface area contributed by atoms with Crippen molar-refractivity contribution in [1.82, 2.24) is 10.2 Å². The minimum absolute atomic E-state index is 0.546. The average Bonchev–Trinajstić information content (AvgIpc) is 2.66. The van der Waals surface area contributed by atoms with Crippen LogP contribution >= 0.6 is 0 Å². The Morgan fingerprint density at radius 2 is 2.27 bits per heavy atom. The minimum Gasteiger partial charge on any atom is -0.316 e. The van der Waals surface area contributed by atoms with Gasteiger partial charge in [0.25, 0.3) is 0 Å². The zero-order valence-corrected chi connectivity index (χ0v) is 10.4. The lowest BCUT2D eigenvalue weighted by molar-refractivity contribution is 0.0936. The van der Waals surface area contributed by atoms with Crippen LogP contribution in [0.4, 0.5) is 0 Å². The van der Waals surface area contributed by atoms with E-state index in [9.17, 15) is 0 Å². The van der Waals surface area contributed by atoms with Crippen molar-refractivity contribution in [3.8, 4) is 0 Å². The molecule has 0 aliphatic carbocycles. The van der Waals surface area contributed by atoms with Crippen LogP contribution < -0.4 is 5.32 Å². The van der Waals surface area contributed by atoms with Gasteiger partial charge in [0.05, 0.1) is 0 Å². The summed E-state index contributed by atoms with van der Waals surface area (Å²) in [5.74, 6) is 0. The number of rotatable bonds is 3. The molecule has 0 bridgehead atoms. The second kappa shape index (κ2) is 4.84. The van der Waals surface area contributed by atoms with E-state index in [1.54, 1.807) is 0 Å². The summed E-state index contributed by atoms with van der Waals surface area (Å²) < 4.78 is 0. The van der Waals surface area contributed by atoms with E-state index in [1.807, 2.05) is 0 Å². The average molecular weight is 210 g/mol. The van der Waals surface area contributed by atoms with Crippen molar-refractivity contribution in [1.29, 1.82) is 0 Å². The second-order valence-electron chi connectivity index (χ2n) is 5.77. The predicted molar refractivity (Wildman–Crippen MR) is 65.1 cm³/mol. The van der Waals surface area contributed by atoms with E-state index in [-0.39, 0.29) is 0 Å². The third kappa shape index (κ3) is 2.73. The van der Waals surface area contributed by atoms with Gasteiger partial charge in [0.15, 0.2) is 0 Å². The predicted octanol–water partition coefficient (Wildman–Crippen LogP) is 2.25. The molecule has 0 saturated carbocycles. The zero-order chi connectivity index (χ0) is 10.7. The molecule has 1 N–H and O–H groups in total. The summed E-state index contributed by atoms with van der Waals surface area (Å²) in [7, 11) is 0. The molecule has 0 spiro atoms.